The molecule has 0 N–H and O–H groups in total. The van der Waals surface area contributed by atoms with Gasteiger partial charge in [0.1, 0.15) is 0 Å². The molecule has 0 amide bonds. The molecule has 0 saturated carbocycles. The van der Waals surface area contributed by atoms with Gasteiger partial charge in [-0.2, -0.15) is 0 Å². The lowest BCUT2D eigenvalue weighted by molar-refractivity contribution is 0.794. The molecule has 2 aliphatic carbocycles. The van der Waals surface area contributed by atoms with Crippen LogP contribution in [0.1, 0.15) is 22.3 Å². The van der Waals surface area contributed by atoms with E-state index in [0.29, 0.717) is 0 Å². The van der Waals surface area contributed by atoms with E-state index in [9.17, 15) is 0 Å². The third kappa shape index (κ3) is 6.52. The second kappa shape index (κ2) is 16.9. The van der Waals surface area contributed by atoms with Crippen molar-refractivity contribution < 1.29 is 0 Å². The third-order valence-corrected chi connectivity index (χ3v) is 14.9. The summed E-state index contributed by atoms with van der Waals surface area (Å²) in [5.74, 6) is 0. The number of nitrogens with zero attached hydrogens (tertiary/aromatic N) is 3. The predicted molar refractivity (Wildman–Crippen MR) is 302 cm³/mol. The van der Waals surface area contributed by atoms with Crippen LogP contribution in [0.25, 0.3) is 43.8 Å². The van der Waals surface area contributed by atoms with E-state index < -0.39 is 5.41 Å². The number of para-hydroxylation sites is 3. The quantitative estimate of drug-likeness (QED) is 0.143. The maximum Gasteiger partial charge on any atom is 0.0725 e. The van der Waals surface area contributed by atoms with Crippen LogP contribution in [0.15, 0.2) is 285 Å². The fourth-order valence-electron chi connectivity index (χ4n) is 12.0. The minimum absolute atomic E-state index is 0.479. The lowest BCUT2D eigenvalue weighted by Gasteiger charge is -2.32. The van der Waals surface area contributed by atoms with Crippen molar-refractivity contribution in [2.24, 2.45) is 0 Å². The van der Waals surface area contributed by atoms with Gasteiger partial charge in [0, 0.05) is 51.2 Å². The summed E-state index contributed by atoms with van der Waals surface area (Å²) in [6.45, 7) is 0. The molecular formula is C69H47N3. The van der Waals surface area contributed by atoms with Gasteiger partial charge in [-0.25, -0.2) is 0 Å². The highest BCUT2D eigenvalue weighted by Gasteiger charge is 2.52. The standard InChI is InChI=1S/C69H47N3/c1-4-23-51(24-5-1)70(52-25-6-2-7-26-52)54-29-18-31-56(45-54)72(57-32-19-30-55(46-57)71(53-27-8-3-9-28-53)58-40-38-48-20-10-11-22-50(48)44-58)59-41-43-66-63(47-59)68-60-33-13-12-21-49(60)39-42-67(68)69(66)64-36-16-14-34-61(64)62-35-15-17-37-65(62)69/h1-47H. The molecule has 0 radical (unpaired) electrons. The van der Waals surface area contributed by atoms with Crippen molar-refractivity contribution in [3.63, 3.8) is 0 Å². The summed E-state index contributed by atoms with van der Waals surface area (Å²) in [6.07, 6.45) is 0. The molecular weight excluding hydrogens is 871 g/mol. The highest BCUT2D eigenvalue weighted by molar-refractivity contribution is 6.07. The van der Waals surface area contributed by atoms with Gasteiger partial charge in [0.05, 0.1) is 5.41 Å². The van der Waals surface area contributed by atoms with Crippen molar-refractivity contribution >= 4 is 72.7 Å². The number of rotatable bonds is 9. The second-order valence-corrected chi connectivity index (χ2v) is 18.9. The molecule has 2 aliphatic rings. The highest BCUT2D eigenvalue weighted by Crippen LogP contribution is 2.64. The molecule has 3 nitrogen and oxygen atoms in total. The van der Waals surface area contributed by atoms with Gasteiger partial charge < -0.3 is 14.7 Å². The van der Waals surface area contributed by atoms with E-state index >= 15 is 0 Å². The molecule has 1 spiro atoms. The molecule has 12 aromatic carbocycles. The molecule has 338 valence electrons. The van der Waals surface area contributed by atoms with Gasteiger partial charge in [0.25, 0.3) is 0 Å². The first-order valence-corrected chi connectivity index (χ1v) is 24.8. The summed E-state index contributed by atoms with van der Waals surface area (Å²) in [4.78, 5) is 7.18. The fraction of sp³-hybridized carbons (Fsp3) is 0.0145. The average molecular weight is 918 g/mol. The van der Waals surface area contributed by atoms with Gasteiger partial charge in [-0.05, 0) is 163 Å². The lowest BCUT2D eigenvalue weighted by atomic mass is 9.70. The summed E-state index contributed by atoms with van der Waals surface area (Å²) < 4.78 is 0. The zero-order valence-electron chi connectivity index (χ0n) is 39.5. The largest absolute Gasteiger partial charge is 0.310 e. The van der Waals surface area contributed by atoms with Crippen LogP contribution in [0, 0.1) is 0 Å². The molecule has 14 rings (SSSR count). The molecule has 0 unspecified atom stereocenters. The molecule has 12 aromatic rings. The van der Waals surface area contributed by atoms with Crippen LogP contribution in [0.3, 0.4) is 0 Å². The van der Waals surface area contributed by atoms with Crippen LogP contribution in [0.2, 0.25) is 0 Å². The monoisotopic (exact) mass is 917 g/mol. The van der Waals surface area contributed by atoms with Gasteiger partial charge in [-0.15, -0.1) is 0 Å². The van der Waals surface area contributed by atoms with E-state index in [0.717, 1.165) is 51.2 Å². The van der Waals surface area contributed by atoms with E-state index in [2.05, 4.69) is 300 Å². The topological polar surface area (TPSA) is 9.72 Å². The van der Waals surface area contributed by atoms with Crippen LogP contribution < -0.4 is 14.7 Å². The van der Waals surface area contributed by atoms with Crippen LogP contribution >= 0.6 is 0 Å². The Hall–Kier alpha value is -9.44. The van der Waals surface area contributed by atoms with Crippen LogP contribution in [0.5, 0.6) is 0 Å². The second-order valence-electron chi connectivity index (χ2n) is 18.9. The predicted octanol–water partition coefficient (Wildman–Crippen LogP) is 18.7. The summed E-state index contributed by atoms with van der Waals surface area (Å²) in [6, 6.07) is 105. The number of hydrogen-bond acceptors (Lipinski definition) is 3. The molecule has 0 heterocycles. The van der Waals surface area contributed by atoms with Crippen LogP contribution in [-0.4, -0.2) is 0 Å². The van der Waals surface area contributed by atoms with Gasteiger partial charge in [0.15, 0.2) is 0 Å². The Balaban J connectivity index is 1.01. The Labute approximate surface area is 420 Å². The Morgan fingerprint density at radius 3 is 1.17 bits per heavy atom. The summed E-state index contributed by atoms with van der Waals surface area (Å²) >= 11 is 0. The summed E-state index contributed by atoms with van der Waals surface area (Å²) in [7, 11) is 0. The number of fused-ring (bicyclic) bond motifs is 13. The van der Waals surface area contributed by atoms with E-state index in [1.54, 1.807) is 0 Å². The van der Waals surface area contributed by atoms with Gasteiger partial charge >= 0.3 is 0 Å². The summed E-state index contributed by atoms with van der Waals surface area (Å²) in [5, 5.41) is 4.91. The maximum absolute atomic E-state index is 2.47. The third-order valence-electron chi connectivity index (χ3n) is 14.9. The van der Waals surface area contributed by atoms with E-state index in [1.165, 1.54) is 66.1 Å². The number of hydrogen-bond donors (Lipinski definition) is 0. The van der Waals surface area contributed by atoms with E-state index in [4.69, 9.17) is 0 Å². The van der Waals surface area contributed by atoms with Crippen LogP contribution in [0.4, 0.5) is 51.2 Å². The number of anilines is 9. The number of benzene rings is 12. The first-order valence-electron chi connectivity index (χ1n) is 24.8. The highest BCUT2D eigenvalue weighted by atomic mass is 15.2. The zero-order chi connectivity index (χ0) is 47.6. The fourth-order valence-corrected chi connectivity index (χ4v) is 12.0. The Morgan fingerprint density at radius 1 is 0.208 bits per heavy atom. The molecule has 0 saturated heterocycles. The van der Waals surface area contributed by atoms with Crippen molar-refractivity contribution in [2.45, 2.75) is 5.41 Å². The van der Waals surface area contributed by atoms with E-state index in [-0.39, 0.29) is 0 Å². The Morgan fingerprint density at radius 2 is 0.583 bits per heavy atom. The molecule has 72 heavy (non-hydrogen) atoms. The van der Waals surface area contributed by atoms with Crippen molar-refractivity contribution in [2.75, 3.05) is 14.7 Å². The van der Waals surface area contributed by atoms with Gasteiger partial charge in [-0.1, -0.05) is 188 Å². The minimum atomic E-state index is -0.479. The molecule has 0 atom stereocenters. The zero-order valence-corrected chi connectivity index (χ0v) is 39.5. The summed E-state index contributed by atoms with van der Waals surface area (Å²) in [5.41, 5.74) is 19.6. The van der Waals surface area contributed by atoms with Gasteiger partial charge in [-0.3, -0.25) is 0 Å². The van der Waals surface area contributed by atoms with Crippen molar-refractivity contribution in [1.29, 1.82) is 0 Å². The van der Waals surface area contributed by atoms with Crippen molar-refractivity contribution in [3.05, 3.63) is 307 Å². The Kier molecular flexibility index (Phi) is 9.75. The SMILES string of the molecule is c1ccc(N(c2ccccc2)c2cccc(N(c3cccc(N(c4ccccc4)c4ccc5ccccc5c4)c3)c3ccc4c(c3)-c3c(ccc5ccccc35)C43c4ccccc4-c4ccccc43)c2)cc1. The average Bonchev–Trinajstić information content (AvgIpc) is 3.92. The smallest absolute Gasteiger partial charge is 0.0725 e. The first-order chi connectivity index (χ1) is 35.7. The van der Waals surface area contributed by atoms with Gasteiger partial charge in [0.2, 0.25) is 0 Å². The lowest BCUT2D eigenvalue weighted by Crippen LogP contribution is -2.25. The molecule has 0 bridgehead atoms. The maximum atomic E-state index is 2.47. The van der Waals surface area contributed by atoms with E-state index in [1.807, 2.05) is 0 Å². The molecule has 0 aliphatic heterocycles. The molecule has 0 fully saturated rings. The Bertz CT molecular complexity index is 3930. The van der Waals surface area contributed by atoms with Crippen molar-refractivity contribution in [1.82, 2.24) is 0 Å². The molecule has 0 aromatic heterocycles. The minimum Gasteiger partial charge on any atom is -0.310 e. The first kappa shape index (κ1) is 41.5. The molecule has 3 heteroatoms. The van der Waals surface area contributed by atoms with Crippen LogP contribution in [-0.2, 0) is 5.41 Å². The van der Waals surface area contributed by atoms with Crippen molar-refractivity contribution in [3.8, 4) is 22.3 Å². The normalized spacial score (nSPS) is 12.6.